The fourth-order valence-electron chi connectivity index (χ4n) is 1.94. The van der Waals surface area contributed by atoms with Gasteiger partial charge in [0.2, 0.25) is 0 Å². The van der Waals surface area contributed by atoms with Crippen molar-refractivity contribution in [2.24, 2.45) is 0 Å². The molecule has 14 heavy (non-hydrogen) atoms. The van der Waals surface area contributed by atoms with Crippen LogP contribution in [-0.2, 0) is 0 Å². The lowest BCUT2D eigenvalue weighted by Gasteiger charge is -2.00. The van der Waals surface area contributed by atoms with Gasteiger partial charge in [0.1, 0.15) is 0 Å². The van der Waals surface area contributed by atoms with Crippen molar-refractivity contribution in [2.45, 2.75) is 18.8 Å². The van der Waals surface area contributed by atoms with Crippen molar-refractivity contribution in [1.82, 2.24) is 4.98 Å². The van der Waals surface area contributed by atoms with E-state index >= 15 is 0 Å². The molecule has 0 bridgehead atoms. The number of hydrogen-bond donors (Lipinski definition) is 2. The summed E-state index contributed by atoms with van der Waals surface area (Å²) < 4.78 is 13.7. The van der Waals surface area contributed by atoms with Crippen molar-refractivity contribution in [3.8, 4) is 0 Å². The van der Waals surface area contributed by atoms with Gasteiger partial charge in [-0.3, -0.25) is 0 Å². The van der Waals surface area contributed by atoms with Gasteiger partial charge < -0.3 is 10.7 Å². The van der Waals surface area contributed by atoms with Crippen molar-refractivity contribution in [3.63, 3.8) is 0 Å². The van der Waals surface area contributed by atoms with E-state index < -0.39 is 0 Å². The molecule has 0 aliphatic heterocycles. The number of aromatic amines is 1. The van der Waals surface area contributed by atoms with Crippen molar-refractivity contribution in [2.75, 3.05) is 5.73 Å². The van der Waals surface area contributed by atoms with Crippen molar-refractivity contribution in [1.29, 1.82) is 0 Å². The van der Waals surface area contributed by atoms with E-state index in [-0.39, 0.29) is 11.5 Å². The molecule has 1 heterocycles. The molecule has 72 valence electrons. The Morgan fingerprint density at radius 1 is 1.36 bits per heavy atom. The largest absolute Gasteiger partial charge is 0.396 e. The van der Waals surface area contributed by atoms with E-state index in [1.165, 1.54) is 12.8 Å². The van der Waals surface area contributed by atoms with Crippen LogP contribution in [0.15, 0.2) is 18.3 Å². The normalized spacial score (nSPS) is 16.4. The Bertz CT molecular complexity index is 497. The van der Waals surface area contributed by atoms with Crippen LogP contribution in [0.5, 0.6) is 0 Å². The Balaban J connectivity index is 2.36. The third kappa shape index (κ3) is 0.953. The third-order valence-corrected chi connectivity index (χ3v) is 2.86. The maximum absolute atomic E-state index is 13.7. The Morgan fingerprint density at radius 3 is 2.86 bits per heavy atom. The van der Waals surface area contributed by atoms with Crippen LogP contribution in [0.1, 0.15) is 24.3 Å². The lowest BCUT2D eigenvalue weighted by atomic mass is 10.1. The van der Waals surface area contributed by atoms with Crippen LogP contribution in [0.4, 0.5) is 10.1 Å². The van der Waals surface area contributed by atoms with Gasteiger partial charge in [0.05, 0.1) is 5.69 Å². The summed E-state index contributed by atoms with van der Waals surface area (Å²) >= 11 is 0. The molecular formula is C11H11FN2. The summed E-state index contributed by atoms with van der Waals surface area (Å²) in [5.74, 6) is 0.269. The number of rotatable bonds is 1. The minimum atomic E-state index is -0.273. The Kier molecular flexibility index (Phi) is 1.40. The number of hydrogen-bond acceptors (Lipinski definition) is 1. The average molecular weight is 190 g/mol. The Hall–Kier alpha value is -1.51. The van der Waals surface area contributed by atoms with Gasteiger partial charge >= 0.3 is 0 Å². The van der Waals surface area contributed by atoms with Crippen LogP contribution in [-0.4, -0.2) is 4.98 Å². The minimum Gasteiger partial charge on any atom is -0.396 e. The van der Waals surface area contributed by atoms with Crippen molar-refractivity contribution >= 4 is 16.6 Å². The number of benzene rings is 1. The van der Waals surface area contributed by atoms with Gasteiger partial charge in [0, 0.05) is 17.1 Å². The van der Waals surface area contributed by atoms with E-state index in [2.05, 4.69) is 4.98 Å². The molecule has 0 saturated heterocycles. The SMILES string of the molecule is Nc1ccc2[nH]cc(C3CC3)c2c1F. The first-order chi connectivity index (χ1) is 6.77. The molecule has 2 nitrogen and oxygen atoms in total. The van der Waals surface area contributed by atoms with E-state index in [4.69, 9.17) is 5.73 Å². The first kappa shape index (κ1) is 7.85. The molecule has 1 aliphatic carbocycles. The van der Waals surface area contributed by atoms with Crippen LogP contribution in [0.2, 0.25) is 0 Å². The van der Waals surface area contributed by atoms with Gasteiger partial charge in [-0.15, -0.1) is 0 Å². The molecule has 1 fully saturated rings. The topological polar surface area (TPSA) is 41.8 Å². The molecule has 2 aromatic rings. The van der Waals surface area contributed by atoms with Crippen molar-refractivity contribution < 1.29 is 4.39 Å². The smallest absolute Gasteiger partial charge is 0.155 e. The molecule has 0 atom stereocenters. The highest BCUT2D eigenvalue weighted by Crippen LogP contribution is 2.44. The summed E-state index contributed by atoms with van der Waals surface area (Å²) in [7, 11) is 0. The number of halogens is 1. The number of nitrogens with two attached hydrogens (primary N) is 1. The van der Waals surface area contributed by atoms with Crippen molar-refractivity contribution in [3.05, 3.63) is 29.7 Å². The molecule has 1 aromatic heterocycles. The fourth-order valence-corrected chi connectivity index (χ4v) is 1.94. The molecule has 1 aliphatic rings. The summed E-state index contributed by atoms with van der Waals surface area (Å²) in [5, 5.41) is 0.688. The number of fused-ring (bicyclic) bond motifs is 1. The van der Waals surface area contributed by atoms with E-state index in [1.54, 1.807) is 6.07 Å². The van der Waals surface area contributed by atoms with E-state index in [1.807, 2.05) is 12.3 Å². The average Bonchev–Trinajstić information content (AvgIpc) is 2.93. The molecule has 0 spiro atoms. The first-order valence-corrected chi connectivity index (χ1v) is 4.82. The maximum Gasteiger partial charge on any atom is 0.155 e. The van der Waals surface area contributed by atoms with Gasteiger partial charge in [-0.1, -0.05) is 0 Å². The van der Waals surface area contributed by atoms with Crippen LogP contribution in [0.25, 0.3) is 10.9 Å². The Labute approximate surface area is 80.9 Å². The molecule has 0 radical (unpaired) electrons. The maximum atomic E-state index is 13.7. The highest BCUT2D eigenvalue weighted by molar-refractivity contribution is 5.87. The second-order valence-electron chi connectivity index (χ2n) is 3.91. The quantitative estimate of drug-likeness (QED) is 0.667. The van der Waals surface area contributed by atoms with Gasteiger partial charge in [0.25, 0.3) is 0 Å². The number of H-pyrrole nitrogens is 1. The number of nitrogens with one attached hydrogen (secondary N) is 1. The predicted molar refractivity (Wildman–Crippen MR) is 54.6 cm³/mol. The minimum absolute atomic E-state index is 0.235. The lowest BCUT2D eigenvalue weighted by Crippen LogP contribution is -1.91. The van der Waals surface area contributed by atoms with Gasteiger partial charge in [-0.05, 0) is 36.5 Å². The number of nitrogen functional groups attached to an aromatic ring is 1. The zero-order chi connectivity index (χ0) is 9.71. The third-order valence-electron chi connectivity index (χ3n) is 2.86. The molecule has 3 rings (SSSR count). The summed E-state index contributed by atoms with van der Waals surface area (Å²) in [6, 6.07) is 3.43. The molecule has 0 unspecified atom stereocenters. The Morgan fingerprint density at radius 2 is 2.14 bits per heavy atom. The molecule has 0 amide bonds. The fraction of sp³-hybridized carbons (Fsp3) is 0.273. The number of aromatic nitrogens is 1. The second-order valence-corrected chi connectivity index (χ2v) is 3.91. The standard InChI is InChI=1S/C11H11FN2/c12-11-8(13)3-4-9-10(11)7(5-14-9)6-1-2-6/h3-6,14H,1-2,13H2. The monoisotopic (exact) mass is 190 g/mol. The van der Waals surface area contributed by atoms with E-state index in [0.29, 0.717) is 11.3 Å². The summed E-state index contributed by atoms with van der Waals surface area (Å²) in [6.45, 7) is 0. The highest BCUT2D eigenvalue weighted by Gasteiger charge is 2.27. The van der Waals surface area contributed by atoms with Crippen LogP contribution in [0, 0.1) is 5.82 Å². The second kappa shape index (κ2) is 2.50. The molecule has 3 N–H and O–H groups in total. The summed E-state index contributed by atoms with van der Waals surface area (Å²) in [4.78, 5) is 3.08. The van der Waals surface area contributed by atoms with Gasteiger partial charge in [-0.25, -0.2) is 4.39 Å². The van der Waals surface area contributed by atoms with E-state index in [9.17, 15) is 4.39 Å². The zero-order valence-corrected chi connectivity index (χ0v) is 7.68. The zero-order valence-electron chi connectivity index (χ0n) is 7.68. The lowest BCUT2D eigenvalue weighted by molar-refractivity contribution is 0.643. The molecule has 3 heteroatoms. The van der Waals surface area contributed by atoms with Crippen LogP contribution >= 0.6 is 0 Å². The molecule has 1 aromatic carbocycles. The number of anilines is 1. The molecular weight excluding hydrogens is 179 g/mol. The van der Waals surface area contributed by atoms with Gasteiger partial charge in [0.15, 0.2) is 5.82 Å². The summed E-state index contributed by atoms with van der Waals surface area (Å²) in [6.07, 6.45) is 4.24. The van der Waals surface area contributed by atoms with Crippen LogP contribution < -0.4 is 5.73 Å². The highest BCUT2D eigenvalue weighted by atomic mass is 19.1. The summed E-state index contributed by atoms with van der Waals surface area (Å²) in [5.41, 5.74) is 7.71. The van der Waals surface area contributed by atoms with Gasteiger partial charge in [-0.2, -0.15) is 0 Å². The van der Waals surface area contributed by atoms with Crippen LogP contribution in [0.3, 0.4) is 0 Å². The van der Waals surface area contributed by atoms with E-state index in [0.717, 1.165) is 11.1 Å². The molecule has 1 saturated carbocycles. The predicted octanol–water partition coefficient (Wildman–Crippen LogP) is 2.77. The first-order valence-electron chi connectivity index (χ1n) is 4.82.